The van der Waals surface area contributed by atoms with E-state index in [9.17, 15) is 30.7 Å². The summed E-state index contributed by atoms with van der Waals surface area (Å²) >= 11 is 0. The lowest BCUT2D eigenvalue weighted by molar-refractivity contribution is 0.0601. The average Bonchev–Trinajstić information content (AvgIpc) is 3.04. The van der Waals surface area contributed by atoms with Gasteiger partial charge < -0.3 is 15.4 Å². The SMILES string of the molecule is COC(=O)c1cc(C(c2ccc(Nc3c(C)cc(C)cc3C)c(C)c2)c2ccc(S(=O)(=O)O)cc2S(=O)(=O)O)ccc1Nc1c(C)cc(C)cc1C. The molecule has 0 spiro atoms. The smallest absolute Gasteiger partial charge is 0.339 e. The number of hydrogen-bond acceptors (Lipinski definition) is 8. The normalized spacial score (nSPS) is 12.3. The van der Waals surface area contributed by atoms with Crippen LogP contribution in [0, 0.1) is 48.5 Å². The lowest BCUT2D eigenvalue weighted by Gasteiger charge is -2.24. The number of carbonyl (C=O) groups is 1. The maximum absolute atomic E-state index is 13.3. The number of methoxy groups -OCH3 is 1. The van der Waals surface area contributed by atoms with Gasteiger partial charge in [-0.15, -0.1) is 0 Å². The fourth-order valence-corrected chi connectivity index (χ4v) is 8.19. The molecule has 0 saturated heterocycles. The van der Waals surface area contributed by atoms with E-state index >= 15 is 0 Å². The molecule has 0 aliphatic rings. The van der Waals surface area contributed by atoms with E-state index in [-0.39, 0.29) is 11.1 Å². The quantitative estimate of drug-likeness (QED) is 0.0619. The summed E-state index contributed by atoms with van der Waals surface area (Å²) in [7, 11) is -8.60. The van der Waals surface area contributed by atoms with Crippen LogP contribution in [0.2, 0.25) is 0 Å². The molecule has 0 radical (unpaired) electrons. The first kappa shape index (κ1) is 38.2. The van der Waals surface area contributed by atoms with E-state index in [4.69, 9.17) is 4.74 Å². The van der Waals surface area contributed by atoms with Gasteiger partial charge in [-0.05, 0) is 123 Å². The molecule has 5 aromatic rings. The van der Waals surface area contributed by atoms with E-state index in [1.807, 2.05) is 72.7 Å². The number of benzene rings is 5. The molecule has 0 aliphatic heterocycles. The summed E-state index contributed by atoms with van der Waals surface area (Å²) in [6, 6.07) is 21.8. The number of rotatable bonds is 10. The molecule has 5 rings (SSSR count). The predicted octanol–water partition coefficient (Wildman–Crippen LogP) is 8.79. The Labute approximate surface area is 305 Å². The fraction of sp³-hybridized carbons (Fsp3) is 0.225. The third-order valence-electron chi connectivity index (χ3n) is 9.11. The van der Waals surface area contributed by atoms with E-state index in [2.05, 4.69) is 22.8 Å². The van der Waals surface area contributed by atoms with Crippen molar-refractivity contribution in [3.63, 3.8) is 0 Å². The highest BCUT2D eigenvalue weighted by Crippen LogP contribution is 2.40. The van der Waals surface area contributed by atoms with Gasteiger partial charge in [-0.25, -0.2) is 4.79 Å². The Hall–Kier alpha value is -5.01. The van der Waals surface area contributed by atoms with E-state index in [1.54, 1.807) is 24.3 Å². The summed E-state index contributed by atoms with van der Waals surface area (Å²) in [6.45, 7) is 13.9. The van der Waals surface area contributed by atoms with Gasteiger partial charge in [0.2, 0.25) is 0 Å². The van der Waals surface area contributed by atoms with Crippen molar-refractivity contribution in [3.05, 3.63) is 140 Å². The second-order valence-electron chi connectivity index (χ2n) is 13.3. The Morgan fingerprint density at radius 1 is 0.596 bits per heavy atom. The van der Waals surface area contributed by atoms with E-state index in [1.165, 1.54) is 13.2 Å². The van der Waals surface area contributed by atoms with Crippen LogP contribution in [0.25, 0.3) is 0 Å². The van der Waals surface area contributed by atoms with Crippen LogP contribution in [0.4, 0.5) is 22.7 Å². The molecule has 0 saturated carbocycles. The molecule has 5 aromatic carbocycles. The summed E-state index contributed by atoms with van der Waals surface area (Å²) in [5.74, 6) is -1.61. The van der Waals surface area contributed by atoms with Crippen molar-refractivity contribution in [3.8, 4) is 0 Å². The van der Waals surface area contributed by atoms with Gasteiger partial charge in [0, 0.05) is 23.0 Å². The number of esters is 1. The fourth-order valence-electron chi connectivity index (χ4n) is 6.85. The van der Waals surface area contributed by atoms with Gasteiger partial charge in [0.25, 0.3) is 20.2 Å². The first-order chi connectivity index (χ1) is 24.3. The molecule has 0 aromatic heterocycles. The zero-order valence-corrected chi connectivity index (χ0v) is 31.9. The second kappa shape index (κ2) is 14.5. The second-order valence-corrected chi connectivity index (χ2v) is 16.1. The zero-order chi connectivity index (χ0) is 38.3. The van der Waals surface area contributed by atoms with Gasteiger partial charge in [-0.2, -0.15) is 16.8 Å². The maximum Gasteiger partial charge on any atom is 0.339 e. The van der Waals surface area contributed by atoms with Crippen molar-refractivity contribution in [1.82, 2.24) is 0 Å². The largest absolute Gasteiger partial charge is 0.465 e. The number of carbonyl (C=O) groups excluding carboxylic acids is 1. The number of hydrogen-bond donors (Lipinski definition) is 4. The van der Waals surface area contributed by atoms with Crippen molar-refractivity contribution in [2.45, 2.75) is 64.2 Å². The molecule has 272 valence electrons. The summed E-state index contributed by atoms with van der Waals surface area (Å²) in [5, 5.41) is 6.89. The van der Waals surface area contributed by atoms with Gasteiger partial charge in [0.15, 0.2) is 0 Å². The Bertz CT molecular complexity index is 2410. The average molecular weight is 743 g/mol. The molecule has 0 aliphatic carbocycles. The Morgan fingerprint density at radius 2 is 1.08 bits per heavy atom. The molecular weight excluding hydrogens is 701 g/mol. The molecule has 1 atom stereocenters. The molecule has 0 amide bonds. The summed E-state index contributed by atoms with van der Waals surface area (Å²) in [4.78, 5) is 11.9. The van der Waals surface area contributed by atoms with Gasteiger partial charge in [-0.1, -0.05) is 59.7 Å². The summed E-state index contributed by atoms with van der Waals surface area (Å²) in [5.41, 5.74) is 11.3. The third-order valence-corrected chi connectivity index (χ3v) is 10.9. The molecule has 10 nitrogen and oxygen atoms in total. The van der Waals surface area contributed by atoms with Crippen LogP contribution in [0.1, 0.15) is 71.9 Å². The van der Waals surface area contributed by atoms with Gasteiger partial charge in [-0.3, -0.25) is 9.11 Å². The van der Waals surface area contributed by atoms with Crippen molar-refractivity contribution >= 4 is 49.0 Å². The van der Waals surface area contributed by atoms with E-state index < -0.39 is 41.9 Å². The van der Waals surface area contributed by atoms with Gasteiger partial charge in [0.05, 0.1) is 28.2 Å². The first-order valence-electron chi connectivity index (χ1n) is 16.4. The molecule has 1 unspecified atom stereocenters. The third kappa shape index (κ3) is 8.05. The van der Waals surface area contributed by atoms with Crippen LogP contribution in [-0.4, -0.2) is 39.0 Å². The number of nitrogens with one attached hydrogen (secondary N) is 2. The Morgan fingerprint density at radius 3 is 1.54 bits per heavy atom. The minimum Gasteiger partial charge on any atom is -0.465 e. The lowest BCUT2D eigenvalue weighted by Crippen LogP contribution is -2.14. The van der Waals surface area contributed by atoms with Crippen LogP contribution in [-0.2, 0) is 25.0 Å². The number of ether oxygens (including phenoxy) is 1. The summed E-state index contributed by atoms with van der Waals surface area (Å²) in [6.07, 6.45) is 0. The maximum atomic E-state index is 13.3. The monoisotopic (exact) mass is 742 g/mol. The highest BCUT2D eigenvalue weighted by Gasteiger charge is 2.29. The molecule has 12 heteroatoms. The molecular formula is C40H42N2O8S2. The first-order valence-corrected chi connectivity index (χ1v) is 19.3. The van der Waals surface area contributed by atoms with Crippen LogP contribution < -0.4 is 10.6 Å². The Balaban J connectivity index is 1.74. The summed E-state index contributed by atoms with van der Waals surface area (Å²) < 4.78 is 75.1. The molecule has 0 bridgehead atoms. The molecule has 52 heavy (non-hydrogen) atoms. The van der Waals surface area contributed by atoms with E-state index in [0.717, 1.165) is 68.1 Å². The molecule has 4 N–H and O–H groups in total. The number of aryl methyl sites for hydroxylation is 7. The Kier molecular flexibility index (Phi) is 10.7. The highest BCUT2D eigenvalue weighted by atomic mass is 32.2. The van der Waals surface area contributed by atoms with Crippen molar-refractivity contribution in [1.29, 1.82) is 0 Å². The minimum atomic E-state index is -5.03. The molecule has 0 heterocycles. The van der Waals surface area contributed by atoms with Gasteiger partial charge in [0.1, 0.15) is 0 Å². The predicted molar refractivity (Wildman–Crippen MR) is 204 cm³/mol. The molecule has 0 fully saturated rings. The highest BCUT2D eigenvalue weighted by molar-refractivity contribution is 7.86. The van der Waals surface area contributed by atoms with Crippen LogP contribution in [0.3, 0.4) is 0 Å². The van der Waals surface area contributed by atoms with Gasteiger partial charge >= 0.3 is 5.97 Å². The minimum absolute atomic E-state index is 0.0157. The standard InChI is InChI=1S/C40H42N2O8S2/c1-22-15-25(4)38(26(5)16-22)41-34-13-9-29(19-24(34)3)37(32-12-11-31(51(44,45)46)21-36(32)52(47,48)49)30-10-14-35(33(20-30)40(43)50-8)42-39-27(6)17-23(2)18-28(39)7/h9-21,37,41-42H,1-8H3,(H,44,45,46)(H,47,48,49). The van der Waals surface area contributed by atoms with Crippen molar-refractivity contribution < 1.29 is 35.5 Å². The van der Waals surface area contributed by atoms with Crippen LogP contribution in [0.15, 0.2) is 88.7 Å². The van der Waals surface area contributed by atoms with Crippen molar-refractivity contribution in [2.24, 2.45) is 0 Å². The number of anilines is 4. The lowest BCUT2D eigenvalue weighted by atomic mass is 9.83. The zero-order valence-electron chi connectivity index (χ0n) is 30.2. The van der Waals surface area contributed by atoms with Crippen molar-refractivity contribution in [2.75, 3.05) is 17.7 Å². The topological polar surface area (TPSA) is 159 Å². The van der Waals surface area contributed by atoms with Crippen LogP contribution >= 0.6 is 0 Å². The van der Waals surface area contributed by atoms with E-state index in [0.29, 0.717) is 16.8 Å². The van der Waals surface area contributed by atoms with Crippen LogP contribution in [0.5, 0.6) is 0 Å².